The van der Waals surface area contributed by atoms with Crippen molar-refractivity contribution < 1.29 is 9.15 Å². The SMILES string of the molecule is CCCOCCc1cnc(CNCC(C)C)o1. The Kier molecular flexibility index (Phi) is 6.89. The second kappa shape index (κ2) is 8.25. The molecule has 0 amide bonds. The fourth-order valence-corrected chi connectivity index (χ4v) is 1.43. The number of hydrogen-bond acceptors (Lipinski definition) is 4. The minimum absolute atomic E-state index is 0.645. The summed E-state index contributed by atoms with van der Waals surface area (Å²) in [5.41, 5.74) is 0. The highest BCUT2D eigenvalue weighted by molar-refractivity contribution is 4.94. The van der Waals surface area contributed by atoms with Crippen molar-refractivity contribution in [2.45, 2.75) is 40.2 Å². The average Bonchev–Trinajstić information content (AvgIpc) is 2.72. The predicted molar refractivity (Wildman–Crippen MR) is 67.9 cm³/mol. The number of rotatable bonds is 9. The van der Waals surface area contributed by atoms with Gasteiger partial charge in [-0.2, -0.15) is 0 Å². The Balaban J connectivity index is 2.18. The lowest BCUT2D eigenvalue weighted by Crippen LogP contribution is -2.19. The lowest BCUT2D eigenvalue weighted by molar-refractivity contribution is 0.134. The van der Waals surface area contributed by atoms with Gasteiger partial charge in [0.2, 0.25) is 5.89 Å². The maximum absolute atomic E-state index is 5.59. The van der Waals surface area contributed by atoms with Crippen molar-refractivity contribution >= 4 is 0 Å². The van der Waals surface area contributed by atoms with E-state index < -0.39 is 0 Å². The summed E-state index contributed by atoms with van der Waals surface area (Å²) in [4.78, 5) is 4.23. The van der Waals surface area contributed by atoms with Gasteiger partial charge in [-0.1, -0.05) is 20.8 Å². The molecule has 0 saturated carbocycles. The molecule has 1 heterocycles. The molecular formula is C13H24N2O2. The van der Waals surface area contributed by atoms with Crippen molar-refractivity contribution in [2.75, 3.05) is 19.8 Å². The molecule has 0 radical (unpaired) electrons. The minimum Gasteiger partial charge on any atom is -0.444 e. The Morgan fingerprint density at radius 3 is 2.94 bits per heavy atom. The minimum atomic E-state index is 0.645. The van der Waals surface area contributed by atoms with E-state index in [1.165, 1.54) is 0 Å². The molecule has 0 atom stereocenters. The van der Waals surface area contributed by atoms with Gasteiger partial charge in [0.15, 0.2) is 0 Å². The van der Waals surface area contributed by atoms with E-state index in [9.17, 15) is 0 Å². The molecule has 1 aromatic rings. The molecular weight excluding hydrogens is 216 g/mol. The zero-order valence-corrected chi connectivity index (χ0v) is 11.2. The zero-order chi connectivity index (χ0) is 12.5. The highest BCUT2D eigenvalue weighted by Crippen LogP contribution is 2.04. The third-order valence-corrected chi connectivity index (χ3v) is 2.27. The van der Waals surface area contributed by atoms with Gasteiger partial charge in [0.25, 0.3) is 0 Å². The molecule has 1 aromatic heterocycles. The van der Waals surface area contributed by atoms with Crippen molar-refractivity contribution in [1.82, 2.24) is 10.3 Å². The molecule has 1 rings (SSSR count). The van der Waals surface area contributed by atoms with E-state index in [1.54, 1.807) is 6.20 Å². The second-order valence-electron chi connectivity index (χ2n) is 4.61. The van der Waals surface area contributed by atoms with E-state index in [2.05, 4.69) is 31.1 Å². The van der Waals surface area contributed by atoms with Crippen LogP contribution in [0, 0.1) is 5.92 Å². The lowest BCUT2D eigenvalue weighted by atomic mass is 10.2. The summed E-state index contributed by atoms with van der Waals surface area (Å²) in [6, 6.07) is 0. The van der Waals surface area contributed by atoms with Gasteiger partial charge in [0.1, 0.15) is 5.76 Å². The maximum Gasteiger partial charge on any atom is 0.208 e. The van der Waals surface area contributed by atoms with Gasteiger partial charge in [-0.05, 0) is 18.9 Å². The highest BCUT2D eigenvalue weighted by Gasteiger charge is 2.03. The molecule has 0 aliphatic rings. The topological polar surface area (TPSA) is 47.3 Å². The average molecular weight is 240 g/mol. The van der Waals surface area contributed by atoms with Crippen LogP contribution in [0.4, 0.5) is 0 Å². The van der Waals surface area contributed by atoms with E-state index in [0.717, 1.165) is 37.6 Å². The Hall–Kier alpha value is -0.870. The van der Waals surface area contributed by atoms with Crippen LogP contribution in [0.3, 0.4) is 0 Å². The van der Waals surface area contributed by atoms with E-state index in [1.807, 2.05) is 0 Å². The lowest BCUT2D eigenvalue weighted by Gasteiger charge is -2.04. The summed E-state index contributed by atoms with van der Waals surface area (Å²) >= 11 is 0. The molecule has 0 saturated heterocycles. The van der Waals surface area contributed by atoms with E-state index in [0.29, 0.717) is 19.1 Å². The largest absolute Gasteiger partial charge is 0.444 e. The molecule has 0 spiro atoms. The van der Waals surface area contributed by atoms with Crippen LogP contribution < -0.4 is 5.32 Å². The number of nitrogens with one attached hydrogen (secondary N) is 1. The molecule has 17 heavy (non-hydrogen) atoms. The number of hydrogen-bond donors (Lipinski definition) is 1. The third kappa shape index (κ3) is 6.44. The van der Waals surface area contributed by atoms with Gasteiger partial charge in [0, 0.05) is 13.0 Å². The number of oxazole rings is 1. The number of aromatic nitrogens is 1. The standard InChI is InChI=1S/C13H24N2O2/c1-4-6-16-7-5-12-9-15-13(17-12)10-14-8-11(2)3/h9,11,14H,4-8,10H2,1-3H3. The fraction of sp³-hybridized carbons (Fsp3) is 0.769. The summed E-state index contributed by atoms with van der Waals surface area (Å²) in [7, 11) is 0. The quantitative estimate of drug-likeness (QED) is 0.673. The van der Waals surface area contributed by atoms with Crippen LogP contribution in [0.2, 0.25) is 0 Å². The van der Waals surface area contributed by atoms with Crippen molar-refractivity contribution in [1.29, 1.82) is 0 Å². The first-order chi connectivity index (χ1) is 8.22. The van der Waals surface area contributed by atoms with Gasteiger partial charge >= 0.3 is 0 Å². The van der Waals surface area contributed by atoms with Crippen LogP contribution >= 0.6 is 0 Å². The first kappa shape index (κ1) is 14.2. The van der Waals surface area contributed by atoms with E-state index >= 15 is 0 Å². The predicted octanol–water partition coefficient (Wildman–Crippen LogP) is 2.39. The van der Waals surface area contributed by atoms with Crippen LogP contribution in [0.5, 0.6) is 0 Å². The maximum atomic E-state index is 5.59. The van der Waals surface area contributed by atoms with Crippen molar-refractivity contribution in [3.8, 4) is 0 Å². The summed E-state index contributed by atoms with van der Waals surface area (Å²) in [5.74, 6) is 2.31. The second-order valence-corrected chi connectivity index (χ2v) is 4.61. The first-order valence-corrected chi connectivity index (χ1v) is 6.44. The molecule has 0 aromatic carbocycles. The van der Waals surface area contributed by atoms with Crippen molar-refractivity contribution in [2.24, 2.45) is 5.92 Å². The van der Waals surface area contributed by atoms with Gasteiger partial charge in [-0.25, -0.2) is 4.98 Å². The molecule has 0 bridgehead atoms. The monoisotopic (exact) mass is 240 g/mol. The summed E-state index contributed by atoms with van der Waals surface area (Å²) in [6.45, 7) is 9.68. The van der Waals surface area contributed by atoms with E-state index in [4.69, 9.17) is 9.15 Å². The summed E-state index contributed by atoms with van der Waals surface area (Å²) in [5, 5.41) is 3.30. The number of nitrogens with zero attached hydrogens (tertiary/aromatic N) is 1. The Bertz CT molecular complexity index is 297. The molecule has 0 aliphatic carbocycles. The molecule has 0 fully saturated rings. The molecule has 0 aliphatic heterocycles. The summed E-state index contributed by atoms with van der Waals surface area (Å²) in [6.07, 6.45) is 3.65. The first-order valence-electron chi connectivity index (χ1n) is 6.44. The van der Waals surface area contributed by atoms with E-state index in [-0.39, 0.29) is 0 Å². The smallest absolute Gasteiger partial charge is 0.208 e. The van der Waals surface area contributed by atoms with Crippen LogP contribution in [-0.2, 0) is 17.7 Å². The van der Waals surface area contributed by atoms with Gasteiger partial charge in [-0.3, -0.25) is 0 Å². The molecule has 4 heteroatoms. The third-order valence-electron chi connectivity index (χ3n) is 2.27. The van der Waals surface area contributed by atoms with Crippen LogP contribution in [0.25, 0.3) is 0 Å². The molecule has 4 nitrogen and oxygen atoms in total. The Morgan fingerprint density at radius 1 is 1.41 bits per heavy atom. The van der Waals surface area contributed by atoms with Crippen molar-refractivity contribution in [3.05, 3.63) is 17.8 Å². The van der Waals surface area contributed by atoms with Gasteiger partial charge in [-0.15, -0.1) is 0 Å². The fourth-order valence-electron chi connectivity index (χ4n) is 1.43. The van der Waals surface area contributed by atoms with Gasteiger partial charge < -0.3 is 14.5 Å². The Morgan fingerprint density at radius 2 is 2.24 bits per heavy atom. The van der Waals surface area contributed by atoms with Crippen LogP contribution in [0.1, 0.15) is 38.8 Å². The zero-order valence-electron chi connectivity index (χ0n) is 11.2. The molecule has 1 N–H and O–H groups in total. The van der Waals surface area contributed by atoms with Crippen LogP contribution in [0.15, 0.2) is 10.6 Å². The molecule has 0 unspecified atom stereocenters. The van der Waals surface area contributed by atoms with Gasteiger partial charge in [0.05, 0.1) is 19.3 Å². The van der Waals surface area contributed by atoms with Crippen LogP contribution in [-0.4, -0.2) is 24.7 Å². The molecule has 98 valence electrons. The normalized spacial score (nSPS) is 11.3. The van der Waals surface area contributed by atoms with Crippen molar-refractivity contribution in [3.63, 3.8) is 0 Å². The Labute approximate surface area is 104 Å². The number of ether oxygens (including phenoxy) is 1. The summed E-state index contributed by atoms with van der Waals surface area (Å²) < 4.78 is 11.0. The highest BCUT2D eigenvalue weighted by atomic mass is 16.5.